The van der Waals surface area contributed by atoms with Gasteiger partial charge in [0.25, 0.3) is 0 Å². The maximum Gasteiger partial charge on any atom is 0.245 e. The first-order chi connectivity index (χ1) is 18.6. The van der Waals surface area contributed by atoms with E-state index in [2.05, 4.69) is 58.3 Å². The second-order valence-electron chi connectivity index (χ2n) is 11.7. The zero-order valence-electron chi connectivity index (χ0n) is 23.6. The summed E-state index contributed by atoms with van der Waals surface area (Å²) in [4.78, 5) is 20.7. The van der Waals surface area contributed by atoms with E-state index in [-0.39, 0.29) is 18.1 Å². The second kappa shape index (κ2) is 12.0. The Morgan fingerprint density at radius 3 is 2.74 bits per heavy atom. The van der Waals surface area contributed by atoms with Crippen LogP contribution in [0.1, 0.15) is 53.4 Å². The van der Waals surface area contributed by atoms with Crippen LogP contribution >= 0.6 is 0 Å². The fourth-order valence-corrected chi connectivity index (χ4v) is 5.89. The van der Waals surface area contributed by atoms with Gasteiger partial charge in [-0.25, -0.2) is 18.8 Å². The standard InChI is InChI=1S/C31H41F2N5O/c1-6-10-23(11-9-12-24-18-31(4,19-24)36-39)20-35-29-25(21-34-27-17-22(2)37(5)38(27)29)14-16-30(3)15-8-7-13-26(30)28(32)33/h7-11,13-17,20-22,24-26,28-29H,6,12,18-19H2,1-5H3/b11-9-,16-14+,23-10+,35-20+. The molecule has 0 N–H and O–H groups in total. The maximum atomic E-state index is 13.8. The molecule has 1 fully saturated rings. The molecule has 4 aliphatic rings. The first kappa shape index (κ1) is 29.0. The summed E-state index contributed by atoms with van der Waals surface area (Å²) in [6, 6.07) is 0.171. The van der Waals surface area contributed by atoms with E-state index < -0.39 is 23.3 Å². The van der Waals surface area contributed by atoms with Crippen molar-refractivity contribution in [2.24, 2.45) is 38.3 Å². The van der Waals surface area contributed by atoms with Gasteiger partial charge in [-0.15, -0.1) is 0 Å². The molecule has 4 rings (SSSR count). The molecule has 0 spiro atoms. The molecule has 0 bridgehead atoms. The van der Waals surface area contributed by atoms with Gasteiger partial charge in [-0.05, 0) is 57.1 Å². The highest BCUT2D eigenvalue weighted by molar-refractivity contribution is 5.82. The molecular weight excluding hydrogens is 496 g/mol. The van der Waals surface area contributed by atoms with Crippen LogP contribution in [0.25, 0.3) is 0 Å². The van der Waals surface area contributed by atoms with Crippen molar-refractivity contribution in [3.63, 3.8) is 0 Å². The van der Waals surface area contributed by atoms with E-state index in [1.165, 1.54) is 0 Å². The minimum atomic E-state index is -2.45. The molecule has 2 aliphatic heterocycles. The Hall–Kier alpha value is -3.00. The van der Waals surface area contributed by atoms with Crippen LogP contribution in [-0.2, 0) is 0 Å². The van der Waals surface area contributed by atoms with Gasteiger partial charge in [0.05, 0.1) is 11.8 Å². The number of halogens is 2. The third kappa shape index (κ3) is 6.43. The average Bonchev–Trinajstić information content (AvgIpc) is 3.18. The molecule has 0 aromatic heterocycles. The number of hydrogen-bond acceptors (Lipinski definition) is 6. The Morgan fingerprint density at radius 2 is 2.05 bits per heavy atom. The van der Waals surface area contributed by atoms with Crippen LogP contribution < -0.4 is 0 Å². The smallest absolute Gasteiger partial charge is 0.245 e. The lowest BCUT2D eigenvalue weighted by molar-refractivity contribution is -0.00759. The van der Waals surface area contributed by atoms with Gasteiger partial charge in [0.2, 0.25) is 6.43 Å². The molecule has 6 nitrogen and oxygen atoms in total. The lowest BCUT2D eigenvalue weighted by atomic mass is 9.69. The van der Waals surface area contributed by atoms with Gasteiger partial charge in [-0.2, -0.15) is 4.91 Å². The van der Waals surface area contributed by atoms with Crippen molar-refractivity contribution >= 4 is 12.4 Å². The molecule has 5 atom stereocenters. The number of rotatable bonds is 10. The summed E-state index contributed by atoms with van der Waals surface area (Å²) in [5, 5.41) is 7.47. The molecule has 5 unspecified atom stereocenters. The summed E-state index contributed by atoms with van der Waals surface area (Å²) in [7, 11) is 2.02. The van der Waals surface area contributed by atoms with Gasteiger partial charge in [0.1, 0.15) is 17.5 Å². The lowest BCUT2D eigenvalue weighted by Crippen LogP contribution is -2.49. The van der Waals surface area contributed by atoms with Crippen LogP contribution in [0.3, 0.4) is 0 Å². The molecule has 0 aromatic rings. The summed E-state index contributed by atoms with van der Waals surface area (Å²) in [5.74, 6) is 0.256. The van der Waals surface area contributed by atoms with E-state index in [1.54, 1.807) is 12.2 Å². The Balaban J connectivity index is 1.54. The monoisotopic (exact) mass is 537 g/mol. The van der Waals surface area contributed by atoms with Crippen molar-refractivity contribution in [3.05, 3.63) is 77.1 Å². The quantitative estimate of drug-likeness (QED) is 0.127. The highest BCUT2D eigenvalue weighted by Gasteiger charge is 2.41. The number of nitroso groups, excluding NO2 is 1. The fraction of sp³-hybridized carbons (Fsp3) is 0.548. The average molecular weight is 538 g/mol. The highest BCUT2D eigenvalue weighted by Crippen LogP contribution is 2.43. The number of fused-ring (bicyclic) bond motifs is 1. The van der Waals surface area contributed by atoms with Gasteiger partial charge in [-0.3, -0.25) is 10.0 Å². The summed E-state index contributed by atoms with van der Waals surface area (Å²) in [6.45, 7) is 7.96. The predicted molar refractivity (Wildman–Crippen MR) is 155 cm³/mol. The van der Waals surface area contributed by atoms with Crippen molar-refractivity contribution in [1.82, 2.24) is 10.0 Å². The zero-order valence-corrected chi connectivity index (χ0v) is 23.6. The van der Waals surface area contributed by atoms with Crippen LogP contribution in [0.2, 0.25) is 0 Å². The Labute approximate surface area is 231 Å². The number of nitrogens with zero attached hydrogens (tertiary/aromatic N) is 5. The van der Waals surface area contributed by atoms with Gasteiger partial charge in [-0.1, -0.05) is 73.7 Å². The maximum absolute atomic E-state index is 13.8. The molecular formula is C31H41F2N5O. The van der Waals surface area contributed by atoms with Crippen molar-refractivity contribution in [2.45, 2.75) is 77.6 Å². The highest BCUT2D eigenvalue weighted by atomic mass is 19.3. The number of allylic oxidation sites excluding steroid dienone is 9. The van der Waals surface area contributed by atoms with E-state index in [9.17, 15) is 13.7 Å². The molecule has 39 heavy (non-hydrogen) atoms. The molecule has 1 saturated carbocycles. The normalized spacial score (nSPS) is 36.9. The van der Waals surface area contributed by atoms with E-state index in [0.29, 0.717) is 5.92 Å². The molecule has 8 heteroatoms. The number of alkyl halides is 2. The third-order valence-electron chi connectivity index (χ3n) is 8.35. The van der Waals surface area contributed by atoms with Gasteiger partial charge < -0.3 is 0 Å². The number of aliphatic imine (C=N–C) groups is 2. The van der Waals surface area contributed by atoms with Crippen LogP contribution in [0.15, 0.2) is 87.3 Å². The third-order valence-corrected chi connectivity index (χ3v) is 8.35. The fourth-order valence-electron chi connectivity index (χ4n) is 5.89. The summed E-state index contributed by atoms with van der Waals surface area (Å²) in [5.41, 5.74) is -0.171. The Bertz CT molecular complexity index is 1140. The van der Waals surface area contributed by atoms with Crippen LogP contribution in [0.5, 0.6) is 0 Å². The Morgan fingerprint density at radius 1 is 1.28 bits per heavy atom. The van der Waals surface area contributed by atoms with Gasteiger partial charge in [0, 0.05) is 30.9 Å². The van der Waals surface area contributed by atoms with Crippen molar-refractivity contribution in [1.29, 1.82) is 0 Å². The largest absolute Gasteiger partial charge is 0.265 e. The first-order valence-corrected chi connectivity index (χ1v) is 13.9. The first-order valence-electron chi connectivity index (χ1n) is 13.9. The van der Waals surface area contributed by atoms with Gasteiger partial charge >= 0.3 is 0 Å². The van der Waals surface area contributed by atoms with Crippen LogP contribution in [0, 0.1) is 28.1 Å². The number of hydrazine groups is 1. The molecule has 0 aromatic carbocycles. The number of hydrogen-bond donors (Lipinski definition) is 0. The summed E-state index contributed by atoms with van der Waals surface area (Å²) in [6.07, 6.45) is 23.8. The molecule has 2 heterocycles. The van der Waals surface area contributed by atoms with Gasteiger partial charge in [0.15, 0.2) is 0 Å². The van der Waals surface area contributed by atoms with E-state index in [0.717, 1.165) is 37.1 Å². The van der Waals surface area contributed by atoms with Crippen molar-refractivity contribution < 1.29 is 8.78 Å². The van der Waals surface area contributed by atoms with E-state index >= 15 is 0 Å². The van der Waals surface area contributed by atoms with Crippen LogP contribution in [-0.4, -0.2) is 53.7 Å². The second-order valence-corrected chi connectivity index (χ2v) is 11.7. The van der Waals surface area contributed by atoms with Crippen molar-refractivity contribution in [2.75, 3.05) is 7.05 Å². The lowest BCUT2D eigenvalue weighted by Gasteiger charge is -2.40. The molecule has 2 aliphatic carbocycles. The van der Waals surface area contributed by atoms with E-state index in [4.69, 9.17) is 4.99 Å². The summed E-state index contributed by atoms with van der Waals surface area (Å²) < 4.78 is 27.6. The SMILES string of the molecule is CC/C=C(\C=C/CC1CC(C)(N=O)C1)/C=N/C1C(/C=C/C2(C)C=CC=CC2C(F)F)C=NC2=CC(C)N(C)N21. The summed E-state index contributed by atoms with van der Waals surface area (Å²) >= 11 is 0. The van der Waals surface area contributed by atoms with Crippen LogP contribution in [0.4, 0.5) is 8.78 Å². The molecule has 0 saturated heterocycles. The minimum Gasteiger partial charge on any atom is -0.265 e. The minimum absolute atomic E-state index is 0.171. The molecule has 0 radical (unpaired) electrons. The zero-order chi connectivity index (χ0) is 28.2. The Kier molecular flexibility index (Phi) is 8.94. The van der Waals surface area contributed by atoms with Crippen molar-refractivity contribution in [3.8, 4) is 0 Å². The van der Waals surface area contributed by atoms with E-state index in [1.807, 2.05) is 57.6 Å². The molecule has 210 valence electrons. The topological polar surface area (TPSA) is 60.6 Å². The number of likely N-dealkylation sites (N-methyl/N-ethyl adjacent to an activating group) is 1. The predicted octanol–water partition coefficient (Wildman–Crippen LogP) is 7.26. The molecule has 0 amide bonds.